The van der Waals surface area contributed by atoms with Crippen LogP contribution in [-0.4, -0.2) is 43.5 Å². The highest BCUT2D eigenvalue weighted by molar-refractivity contribution is 5.95. The van der Waals surface area contributed by atoms with Crippen molar-refractivity contribution >= 4 is 11.6 Å². The Balaban J connectivity index is 2.67. The van der Waals surface area contributed by atoms with E-state index in [9.17, 15) is 9.90 Å². The van der Waals surface area contributed by atoms with Crippen molar-refractivity contribution in [1.29, 1.82) is 0 Å². The first kappa shape index (κ1) is 17.3. The minimum absolute atomic E-state index is 0.133. The summed E-state index contributed by atoms with van der Waals surface area (Å²) in [5, 5.41) is 12.8. The summed E-state index contributed by atoms with van der Waals surface area (Å²) in [4.78, 5) is 12.1. The first-order valence-corrected chi connectivity index (χ1v) is 6.91. The number of rotatable bonds is 8. The number of carbonyl (C=O) groups is 1. The fourth-order valence-corrected chi connectivity index (χ4v) is 1.79. The minimum Gasteiger partial charge on any atom is -0.494 e. The Morgan fingerprint density at radius 3 is 2.76 bits per heavy atom. The third kappa shape index (κ3) is 6.01. The summed E-state index contributed by atoms with van der Waals surface area (Å²) >= 11 is 0. The topological polar surface area (TPSA) is 93.8 Å². The lowest BCUT2D eigenvalue weighted by atomic mass is 10.0. The number of methoxy groups -OCH3 is 1. The van der Waals surface area contributed by atoms with E-state index in [0.717, 1.165) is 0 Å². The van der Waals surface area contributed by atoms with E-state index in [1.807, 2.05) is 6.92 Å². The molecule has 0 heterocycles. The number of benzene rings is 1. The van der Waals surface area contributed by atoms with Crippen LogP contribution in [0, 0.1) is 0 Å². The van der Waals surface area contributed by atoms with Crippen molar-refractivity contribution in [2.45, 2.75) is 25.9 Å². The van der Waals surface area contributed by atoms with Gasteiger partial charge in [-0.3, -0.25) is 4.79 Å². The molecular weight excluding hydrogens is 272 g/mol. The van der Waals surface area contributed by atoms with Gasteiger partial charge in [-0.25, -0.2) is 0 Å². The Morgan fingerprint density at radius 1 is 1.43 bits per heavy atom. The molecule has 0 fully saturated rings. The maximum absolute atomic E-state index is 12.1. The Bertz CT molecular complexity index is 475. The zero-order valence-electron chi connectivity index (χ0n) is 12.8. The average molecular weight is 296 g/mol. The second kappa shape index (κ2) is 7.85. The van der Waals surface area contributed by atoms with Gasteiger partial charge in [-0.05, 0) is 26.0 Å². The first-order valence-electron chi connectivity index (χ1n) is 6.91. The lowest BCUT2D eigenvalue weighted by molar-refractivity contribution is 0.0243. The van der Waals surface area contributed by atoms with Gasteiger partial charge in [-0.15, -0.1) is 0 Å². The van der Waals surface area contributed by atoms with E-state index in [4.69, 9.17) is 15.2 Å². The van der Waals surface area contributed by atoms with Gasteiger partial charge >= 0.3 is 0 Å². The van der Waals surface area contributed by atoms with E-state index in [1.165, 1.54) is 0 Å². The molecule has 1 amide bonds. The fourth-order valence-electron chi connectivity index (χ4n) is 1.79. The Morgan fingerprint density at radius 2 is 2.14 bits per heavy atom. The zero-order chi connectivity index (χ0) is 15.9. The normalized spacial score (nSPS) is 13.5. The second-order valence-corrected chi connectivity index (χ2v) is 5.15. The number of carbonyl (C=O) groups excluding carboxylic acids is 1. The van der Waals surface area contributed by atoms with Gasteiger partial charge in [-0.1, -0.05) is 0 Å². The van der Waals surface area contributed by atoms with E-state index in [-0.39, 0.29) is 12.5 Å². The van der Waals surface area contributed by atoms with Crippen molar-refractivity contribution in [3.8, 4) is 5.75 Å². The highest BCUT2D eigenvalue weighted by Gasteiger charge is 2.21. The molecule has 1 atom stereocenters. The van der Waals surface area contributed by atoms with Crippen molar-refractivity contribution in [3.63, 3.8) is 0 Å². The van der Waals surface area contributed by atoms with Crippen LogP contribution in [0.1, 0.15) is 30.6 Å². The van der Waals surface area contributed by atoms with Crippen LogP contribution in [0.2, 0.25) is 0 Å². The lowest BCUT2D eigenvalue weighted by Crippen LogP contribution is -2.41. The highest BCUT2D eigenvalue weighted by Crippen LogP contribution is 2.19. The smallest absolute Gasteiger partial charge is 0.251 e. The quantitative estimate of drug-likeness (QED) is 0.626. The third-order valence-electron chi connectivity index (χ3n) is 2.98. The Labute approximate surface area is 125 Å². The number of anilines is 1. The summed E-state index contributed by atoms with van der Waals surface area (Å²) < 4.78 is 10.3. The molecule has 6 nitrogen and oxygen atoms in total. The van der Waals surface area contributed by atoms with Gasteiger partial charge in [0.25, 0.3) is 5.91 Å². The van der Waals surface area contributed by atoms with Gasteiger partial charge in [0.15, 0.2) is 0 Å². The van der Waals surface area contributed by atoms with Crippen LogP contribution >= 0.6 is 0 Å². The summed E-state index contributed by atoms with van der Waals surface area (Å²) in [6.07, 6.45) is 0.435. The standard InChI is InChI=1S/C15H24N2O4/c1-4-21-13-8-11(7-12(16)9-13)14(18)17-10-15(2,19)5-6-20-3/h7-9,19H,4-6,10,16H2,1-3H3,(H,17,18). The number of aliphatic hydroxyl groups is 1. The maximum Gasteiger partial charge on any atom is 0.251 e. The fraction of sp³-hybridized carbons (Fsp3) is 0.533. The van der Waals surface area contributed by atoms with Gasteiger partial charge in [0.2, 0.25) is 0 Å². The van der Waals surface area contributed by atoms with Crippen LogP contribution in [0.5, 0.6) is 5.75 Å². The van der Waals surface area contributed by atoms with Gasteiger partial charge < -0.3 is 25.6 Å². The van der Waals surface area contributed by atoms with Crippen LogP contribution in [-0.2, 0) is 4.74 Å². The number of hydrogen-bond acceptors (Lipinski definition) is 5. The van der Waals surface area contributed by atoms with E-state index in [1.54, 1.807) is 32.2 Å². The third-order valence-corrected chi connectivity index (χ3v) is 2.98. The number of ether oxygens (including phenoxy) is 2. The van der Waals surface area contributed by atoms with Crippen molar-refractivity contribution in [1.82, 2.24) is 5.32 Å². The Hall–Kier alpha value is -1.79. The van der Waals surface area contributed by atoms with E-state index >= 15 is 0 Å². The molecule has 6 heteroatoms. The number of nitrogens with two attached hydrogens (primary N) is 1. The molecule has 0 aliphatic carbocycles. The van der Waals surface area contributed by atoms with Crippen molar-refractivity contribution in [2.24, 2.45) is 0 Å². The highest BCUT2D eigenvalue weighted by atomic mass is 16.5. The minimum atomic E-state index is -1.02. The van der Waals surface area contributed by atoms with Gasteiger partial charge in [-0.2, -0.15) is 0 Å². The molecule has 0 aromatic heterocycles. The molecule has 0 aliphatic rings. The van der Waals surface area contributed by atoms with Gasteiger partial charge in [0, 0.05) is 44.0 Å². The van der Waals surface area contributed by atoms with Crippen LogP contribution < -0.4 is 15.8 Å². The van der Waals surface area contributed by atoms with Crippen LogP contribution in [0.4, 0.5) is 5.69 Å². The first-order chi connectivity index (χ1) is 9.88. The van der Waals surface area contributed by atoms with Crippen LogP contribution in [0.25, 0.3) is 0 Å². The molecule has 0 spiro atoms. The molecule has 1 aromatic rings. The Kier molecular flexibility index (Phi) is 6.45. The predicted molar refractivity (Wildman–Crippen MR) is 81.5 cm³/mol. The van der Waals surface area contributed by atoms with Crippen LogP contribution in [0.15, 0.2) is 18.2 Å². The van der Waals surface area contributed by atoms with Crippen molar-refractivity contribution in [3.05, 3.63) is 23.8 Å². The lowest BCUT2D eigenvalue weighted by Gasteiger charge is -2.23. The van der Waals surface area contributed by atoms with Gasteiger partial charge in [0.05, 0.1) is 12.2 Å². The number of nitrogens with one attached hydrogen (secondary N) is 1. The summed E-state index contributed by atoms with van der Waals surface area (Å²) in [6.45, 7) is 4.56. The van der Waals surface area contributed by atoms with E-state index < -0.39 is 5.60 Å². The molecule has 21 heavy (non-hydrogen) atoms. The zero-order valence-corrected chi connectivity index (χ0v) is 12.8. The van der Waals surface area contributed by atoms with Crippen molar-refractivity contribution < 1.29 is 19.4 Å². The molecule has 0 bridgehead atoms. The average Bonchev–Trinajstić information content (AvgIpc) is 2.42. The molecule has 1 unspecified atom stereocenters. The van der Waals surface area contributed by atoms with Crippen molar-refractivity contribution in [2.75, 3.05) is 32.6 Å². The summed E-state index contributed by atoms with van der Waals surface area (Å²) in [6, 6.07) is 4.86. The summed E-state index contributed by atoms with van der Waals surface area (Å²) in [5.41, 5.74) is 5.59. The number of amides is 1. The molecule has 0 saturated carbocycles. The molecule has 1 aromatic carbocycles. The summed E-state index contributed by atoms with van der Waals surface area (Å²) in [7, 11) is 1.57. The monoisotopic (exact) mass is 296 g/mol. The number of hydrogen-bond donors (Lipinski definition) is 3. The van der Waals surface area contributed by atoms with E-state index in [0.29, 0.717) is 36.6 Å². The SMILES string of the molecule is CCOc1cc(N)cc(C(=O)NCC(C)(O)CCOC)c1. The second-order valence-electron chi connectivity index (χ2n) is 5.15. The molecule has 0 saturated heterocycles. The van der Waals surface area contributed by atoms with Crippen LogP contribution in [0.3, 0.4) is 0 Å². The van der Waals surface area contributed by atoms with E-state index in [2.05, 4.69) is 5.32 Å². The molecule has 118 valence electrons. The molecule has 0 radical (unpaired) electrons. The predicted octanol–water partition coefficient (Wildman–Crippen LogP) is 1.18. The molecule has 4 N–H and O–H groups in total. The maximum atomic E-state index is 12.1. The summed E-state index contributed by atoms with van der Waals surface area (Å²) in [5.74, 6) is 0.245. The molecule has 0 aliphatic heterocycles. The molecular formula is C15H24N2O4. The van der Waals surface area contributed by atoms with Gasteiger partial charge in [0.1, 0.15) is 5.75 Å². The number of nitrogen functional groups attached to an aromatic ring is 1. The largest absolute Gasteiger partial charge is 0.494 e. The molecule has 1 rings (SSSR count).